The first-order chi connectivity index (χ1) is 19.6. The molecule has 212 valence electrons. The number of aliphatic imine (C=N–C) groups is 1. The van der Waals surface area contributed by atoms with Gasteiger partial charge in [0, 0.05) is 35.8 Å². The maximum Gasteiger partial charge on any atom is 0.148 e. The van der Waals surface area contributed by atoms with Gasteiger partial charge in [-0.2, -0.15) is 0 Å². The molecule has 1 aliphatic carbocycles. The summed E-state index contributed by atoms with van der Waals surface area (Å²) in [4.78, 5) is 4.36. The highest BCUT2D eigenvalue weighted by Gasteiger charge is 2.16. The van der Waals surface area contributed by atoms with Crippen LogP contribution in [0.1, 0.15) is 17.1 Å². The summed E-state index contributed by atoms with van der Waals surface area (Å²) in [5.41, 5.74) is 11.0. The van der Waals surface area contributed by atoms with Crippen LogP contribution in [0.15, 0.2) is 106 Å². The van der Waals surface area contributed by atoms with Crippen molar-refractivity contribution in [2.24, 2.45) is 10.7 Å². The number of halogens is 1. The Balaban J connectivity index is 1.48. The van der Waals surface area contributed by atoms with E-state index in [-0.39, 0.29) is 18.2 Å². The lowest BCUT2D eigenvalue weighted by Gasteiger charge is -2.16. The number of nitrogens with one attached hydrogen (secondary N) is 2. The van der Waals surface area contributed by atoms with Gasteiger partial charge in [-0.25, -0.2) is 12.8 Å². The number of benzene rings is 2. The van der Waals surface area contributed by atoms with Crippen LogP contribution in [0.4, 0.5) is 10.1 Å². The first kappa shape index (κ1) is 29.6. The fourth-order valence-electron chi connectivity index (χ4n) is 4.11. The van der Waals surface area contributed by atoms with E-state index in [2.05, 4.69) is 22.2 Å². The SMILES string of the molecule is Bc1cc(N/C(N)=C2\C=C(c3ccc(CNCCS(C)(=O)=O)o3)C=C\C2=N\C=C)ccc1OCc1cccc(F)c1. The van der Waals surface area contributed by atoms with Crippen LogP contribution in [0.5, 0.6) is 5.75 Å². The van der Waals surface area contributed by atoms with Gasteiger partial charge in [-0.15, -0.1) is 0 Å². The molecular formula is C30H32BFN4O4S. The molecule has 0 aliphatic heterocycles. The van der Waals surface area contributed by atoms with Gasteiger partial charge in [-0.1, -0.05) is 18.7 Å². The Labute approximate surface area is 240 Å². The Bertz CT molecular complexity index is 1660. The summed E-state index contributed by atoms with van der Waals surface area (Å²) in [5.74, 6) is 2.15. The van der Waals surface area contributed by atoms with Crippen LogP contribution in [-0.4, -0.2) is 40.5 Å². The van der Waals surface area contributed by atoms with Crippen LogP contribution in [0, 0.1) is 5.82 Å². The monoisotopic (exact) mass is 574 g/mol. The third-order valence-corrected chi connectivity index (χ3v) is 7.10. The van der Waals surface area contributed by atoms with Crippen molar-refractivity contribution in [1.82, 2.24) is 5.32 Å². The van der Waals surface area contributed by atoms with Crippen molar-refractivity contribution in [3.63, 3.8) is 0 Å². The zero-order valence-electron chi connectivity index (χ0n) is 23.0. The molecule has 8 nitrogen and oxygen atoms in total. The molecule has 2 aromatic carbocycles. The second-order valence-corrected chi connectivity index (χ2v) is 11.8. The van der Waals surface area contributed by atoms with E-state index in [1.807, 2.05) is 62.5 Å². The fraction of sp³-hybridized carbons (Fsp3) is 0.167. The highest BCUT2D eigenvalue weighted by molar-refractivity contribution is 7.90. The molecule has 41 heavy (non-hydrogen) atoms. The number of hydrogen-bond donors (Lipinski definition) is 3. The van der Waals surface area contributed by atoms with Crippen molar-refractivity contribution in [2.75, 3.05) is 23.9 Å². The van der Waals surface area contributed by atoms with Crippen molar-refractivity contribution in [3.05, 3.63) is 120 Å². The van der Waals surface area contributed by atoms with Crippen LogP contribution in [0.25, 0.3) is 5.57 Å². The largest absolute Gasteiger partial charge is 0.490 e. The van der Waals surface area contributed by atoms with Crippen molar-refractivity contribution in [1.29, 1.82) is 0 Å². The minimum atomic E-state index is -3.03. The number of hydrogen-bond acceptors (Lipinski definition) is 8. The highest BCUT2D eigenvalue weighted by atomic mass is 32.2. The smallest absolute Gasteiger partial charge is 0.148 e. The molecular weight excluding hydrogens is 542 g/mol. The van der Waals surface area contributed by atoms with Crippen molar-refractivity contribution >= 4 is 40.1 Å². The average Bonchev–Trinajstić information content (AvgIpc) is 3.39. The van der Waals surface area contributed by atoms with Crippen LogP contribution < -0.4 is 26.6 Å². The quantitative estimate of drug-likeness (QED) is 0.225. The lowest BCUT2D eigenvalue weighted by molar-refractivity contribution is 0.308. The van der Waals surface area contributed by atoms with Crippen LogP contribution >= 0.6 is 0 Å². The van der Waals surface area contributed by atoms with Gasteiger partial charge in [-0.3, -0.25) is 4.99 Å². The molecule has 0 spiro atoms. The predicted molar refractivity (Wildman–Crippen MR) is 165 cm³/mol. The van der Waals surface area contributed by atoms with E-state index in [0.717, 1.165) is 22.3 Å². The molecule has 0 fully saturated rings. The number of nitrogens with two attached hydrogens (primary N) is 1. The minimum absolute atomic E-state index is 0.0600. The van der Waals surface area contributed by atoms with Crippen molar-refractivity contribution < 1.29 is 22.0 Å². The molecule has 0 radical (unpaired) electrons. The molecule has 1 heterocycles. The Morgan fingerprint density at radius 2 is 2.02 bits per heavy atom. The number of nitrogens with zero attached hydrogens (tertiary/aromatic N) is 1. The average molecular weight is 574 g/mol. The zero-order chi connectivity index (χ0) is 29.4. The van der Waals surface area contributed by atoms with Crippen molar-refractivity contribution in [3.8, 4) is 5.75 Å². The van der Waals surface area contributed by atoms with Gasteiger partial charge in [0.05, 0.1) is 18.0 Å². The van der Waals surface area contributed by atoms with Gasteiger partial charge in [0.25, 0.3) is 0 Å². The summed E-state index contributed by atoms with van der Waals surface area (Å²) in [6, 6.07) is 15.6. The summed E-state index contributed by atoms with van der Waals surface area (Å²) in [6.45, 7) is 4.71. The molecule has 11 heteroatoms. The van der Waals surface area contributed by atoms with E-state index >= 15 is 0 Å². The molecule has 1 aromatic heterocycles. The van der Waals surface area contributed by atoms with Gasteiger partial charge in [0.2, 0.25) is 0 Å². The molecule has 0 amide bonds. The normalized spacial score (nSPS) is 15.5. The fourth-order valence-corrected chi connectivity index (χ4v) is 4.63. The van der Waals surface area contributed by atoms with Gasteiger partial charge in [0.1, 0.15) is 53.2 Å². The Morgan fingerprint density at radius 3 is 2.76 bits per heavy atom. The number of sulfone groups is 1. The summed E-state index contributed by atoms with van der Waals surface area (Å²) in [7, 11) is -1.10. The lowest BCUT2D eigenvalue weighted by Crippen LogP contribution is -2.21. The number of rotatable bonds is 12. The summed E-state index contributed by atoms with van der Waals surface area (Å²) in [5, 5.41) is 6.32. The first-order valence-corrected chi connectivity index (χ1v) is 15.0. The van der Waals surface area contributed by atoms with Gasteiger partial charge < -0.3 is 25.5 Å². The topological polar surface area (TPSA) is 119 Å². The van der Waals surface area contributed by atoms with Gasteiger partial charge >= 0.3 is 0 Å². The standard InChI is InChI=1S/C30H32BFN4O4S/c1-3-35-27-10-7-21(28-12-9-24(40-28)18-34-13-14-41(2,37)38)16-25(27)30(33)36-23-8-11-29(26(31)17-23)39-19-20-5-4-6-22(32)15-20/h3-12,15-17,34,36H,1,13-14,18-19,31,33H2,2H3/b30-25+,35-27-. The predicted octanol–water partition coefficient (Wildman–Crippen LogP) is 3.21. The van der Waals surface area contributed by atoms with Gasteiger partial charge in [0.15, 0.2) is 0 Å². The van der Waals surface area contributed by atoms with E-state index in [1.165, 1.54) is 24.6 Å². The Kier molecular flexibility index (Phi) is 9.64. The van der Waals surface area contributed by atoms with E-state index in [1.54, 1.807) is 6.07 Å². The molecule has 0 atom stereocenters. The molecule has 0 saturated heterocycles. The summed E-state index contributed by atoms with van der Waals surface area (Å²) >= 11 is 0. The van der Waals surface area contributed by atoms with Gasteiger partial charge in [-0.05, 0) is 71.7 Å². The Hall–Kier alpha value is -4.35. The number of furan rings is 1. The lowest BCUT2D eigenvalue weighted by atomic mass is 9.94. The number of ether oxygens (including phenoxy) is 1. The van der Waals surface area contributed by atoms with E-state index in [9.17, 15) is 12.8 Å². The number of anilines is 1. The Morgan fingerprint density at radius 1 is 1.20 bits per heavy atom. The molecule has 0 unspecified atom stereocenters. The van der Waals surface area contributed by atoms with Crippen LogP contribution in [0.3, 0.4) is 0 Å². The summed E-state index contributed by atoms with van der Waals surface area (Å²) < 4.78 is 48.0. The molecule has 0 bridgehead atoms. The van der Waals surface area contributed by atoms with Crippen LogP contribution in [0.2, 0.25) is 0 Å². The summed E-state index contributed by atoms with van der Waals surface area (Å²) in [6.07, 6.45) is 8.26. The molecule has 4 N–H and O–H groups in total. The van der Waals surface area contributed by atoms with E-state index in [4.69, 9.17) is 14.9 Å². The second kappa shape index (κ2) is 13.3. The zero-order valence-corrected chi connectivity index (χ0v) is 23.8. The molecule has 3 aromatic rings. The second-order valence-electron chi connectivity index (χ2n) is 9.55. The van der Waals surface area contributed by atoms with E-state index in [0.29, 0.717) is 47.5 Å². The van der Waals surface area contributed by atoms with Crippen LogP contribution in [-0.2, 0) is 23.0 Å². The third-order valence-electron chi connectivity index (χ3n) is 6.15. The highest BCUT2D eigenvalue weighted by Crippen LogP contribution is 2.27. The third kappa shape index (κ3) is 8.57. The maximum atomic E-state index is 13.5. The van der Waals surface area contributed by atoms with Crippen molar-refractivity contribution in [2.45, 2.75) is 13.2 Å². The van der Waals surface area contributed by atoms with E-state index < -0.39 is 9.84 Å². The molecule has 0 saturated carbocycles. The molecule has 4 rings (SSSR count). The first-order valence-electron chi connectivity index (χ1n) is 12.9. The maximum absolute atomic E-state index is 13.5. The minimum Gasteiger partial charge on any atom is -0.490 e. The molecule has 1 aliphatic rings. The number of allylic oxidation sites excluding steroid dienone is 5.